The van der Waals surface area contributed by atoms with Gasteiger partial charge in [0.05, 0.1) is 18.4 Å². The predicted octanol–water partition coefficient (Wildman–Crippen LogP) is 2.23. The van der Waals surface area contributed by atoms with Crippen LogP contribution in [0.2, 0.25) is 0 Å². The van der Waals surface area contributed by atoms with Gasteiger partial charge in [-0.25, -0.2) is 5.41 Å². The number of nitrogens with one attached hydrogen (secondary N) is 1. The normalized spacial score (nSPS) is 15.5. The zero-order valence-corrected chi connectivity index (χ0v) is 10.7. The van der Waals surface area contributed by atoms with Crippen molar-refractivity contribution in [2.24, 2.45) is 0 Å². The van der Waals surface area contributed by atoms with E-state index in [0.29, 0.717) is 0 Å². The van der Waals surface area contributed by atoms with E-state index < -0.39 is 0 Å². The van der Waals surface area contributed by atoms with E-state index in [2.05, 4.69) is 47.4 Å². The molecule has 4 heteroatoms. The summed E-state index contributed by atoms with van der Waals surface area (Å²) >= 11 is 3.81. The molecule has 0 radical (unpaired) electrons. The Balaban J connectivity index is 0.000000437. The van der Waals surface area contributed by atoms with Crippen LogP contribution in [0, 0.1) is 5.41 Å². The molecular formula is C13H18N2OS. The lowest BCUT2D eigenvalue weighted by atomic mass is 10.1. The van der Waals surface area contributed by atoms with Crippen LogP contribution in [0.25, 0.3) is 0 Å². The van der Waals surface area contributed by atoms with Crippen LogP contribution >= 0.6 is 12.2 Å². The molecule has 3 nitrogen and oxygen atoms in total. The van der Waals surface area contributed by atoms with E-state index in [9.17, 15) is 0 Å². The van der Waals surface area contributed by atoms with Crippen molar-refractivity contribution in [1.82, 2.24) is 4.90 Å². The van der Waals surface area contributed by atoms with Crippen molar-refractivity contribution in [3.05, 3.63) is 35.9 Å². The van der Waals surface area contributed by atoms with E-state index in [1.807, 2.05) is 0 Å². The van der Waals surface area contributed by atoms with Crippen molar-refractivity contribution in [3.63, 3.8) is 0 Å². The number of hydrogen-bond acceptors (Lipinski definition) is 4. The second-order valence-electron chi connectivity index (χ2n) is 3.79. The van der Waals surface area contributed by atoms with Gasteiger partial charge in [0.2, 0.25) is 0 Å². The largest absolute Gasteiger partial charge is 0.379 e. The second kappa shape index (κ2) is 9.02. The van der Waals surface area contributed by atoms with Gasteiger partial charge in [0, 0.05) is 19.6 Å². The first-order valence-corrected chi connectivity index (χ1v) is 6.15. The molecule has 1 fully saturated rings. The number of hydrogen-bond donors (Lipinski definition) is 1. The zero-order chi connectivity index (χ0) is 12.3. The maximum atomic E-state index is 5.77. The first-order valence-electron chi connectivity index (χ1n) is 5.74. The highest BCUT2D eigenvalue weighted by Gasteiger charge is 2.09. The molecule has 1 aromatic rings. The minimum Gasteiger partial charge on any atom is -0.379 e. The fraction of sp³-hybridized carbons (Fsp3) is 0.462. The third-order valence-corrected chi connectivity index (χ3v) is 2.66. The molecule has 0 unspecified atom stereocenters. The lowest BCUT2D eigenvalue weighted by Gasteiger charge is -2.26. The summed E-state index contributed by atoms with van der Waals surface area (Å²) in [5, 5.41) is 7.36. The Morgan fingerprint density at radius 3 is 2.41 bits per heavy atom. The van der Waals surface area contributed by atoms with Crippen molar-refractivity contribution in [2.75, 3.05) is 32.8 Å². The van der Waals surface area contributed by atoms with Gasteiger partial charge in [-0.3, -0.25) is 4.90 Å². The van der Waals surface area contributed by atoms with Crippen LogP contribution in [-0.4, -0.2) is 42.9 Å². The quantitative estimate of drug-likeness (QED) is 0.660. The fourth-order valence-corrected chi connectivity index (χ4v) is 1.76. The molecular weight excluding hydrogens is 232 g/mol. The number of benzene rings is 1. The molecule has 1 N–H and O–H groups in total. The van der Waals surface area contributed by atoms with Gasteiger partial charge >= 0.3 is 0 Å². The summed E-state index contributed by atoms with van der Waals surface area (Å²) in [5.74, 6) is 0. The van der Waals surface area contributed by atoms with Gasteiger partial charge in [0.25, 0.3) is 0 Å². The van der Waals surface area contributed by atoms with E-state index in [4.69, 9.17) is 10.1 Å². The Hall–Kier alpha value is -1.06. The molecule has 17 heavy (non-hydrogen) atoms. The smallest absolute Gasteiger partial charge is 0.0594 e. The van der Waals surface area contributed by atoms with E-state index >= 15 is 0 Å². The van der Waals surface area contributed by atoms with Gasteiger partial charge in [-0.15, -0.1) is 0 Å². The Labute approximate surface area is 108 Å². The average molecular weight is 250 g/mol. The summed E-state index contributed by atoms with van der Waals surface area (Å²) in [6.07, 6.45) is 1.15. The van der Waals surface area contributed by atoms with Crippen LogP contribution in [-0.2, 0) is 11.2 Å². The molecule has 1 aromatic carbocycles. The van der Waals surface area contributed by atoms with Crippen LogP contribution in [0.5, 0.6) is 0 Å². The molecule has 0 amide bonds. The van der Waals surface area contributed by atoms with Gasteiger partial charge < -0.3 is 4.74 Å². The Morgan fingerprint density at radius 1 is 1.24 bits per heavy atom. The Kier molecular flexibility index (Phi) is 7.43. The van der Waals surface area contributed by atoms with Gasteiger partial charge in [-0.1, -0.05) is 30.3 Å². The lowest BCUT2D eigenvalue weighted by Crippen LogP contribution is -2.37. The van der Waals surface area contributed by atoms with Gasteiger partial charge in [0.15, 0.2) is 0 Å². The topological polar surface area (TPSA) is 36.3 Å². The van der Waals surface area contributed by atoms with Crippen molar-refractivity contribution in [2.45, 2.75) is 6.42 Å². The van der Waals surface area contributed by atoms with Crippen LogP contribution in [0.15, 0.2) is 30.3 Å². The lowest BCUT2D eigenvalue weighted by molar-refractivity contribution is 0.0384. The van der Waals surface area contributed by atoms with Crippen LogP contribution in [0.4, 0.5) is 0 Å². The fourth-order valence-electron chi connectivity index (χ4n) is 1.76. The summed E-state index contributed by atoms with van der Waals surface area (Å²) in [7, 11) is 0. The predicted molar refractivity (Wildman–Crippen MR) is 72.7 cm³/mol. The van der Waals surface area contributed by atoms with E-state index in [0.717, 1.165) is 39.3 Å². The Morgan fingerprint density at radius 2 is 1.82 bits per heavy atom. The van der Waals surface area contributed by atoms with Gasteiger partial charge in [0.1, 0.15) is 0 Å². The van der Waals surface area contributed by atoms with Gasteiger partial charge in [-0.2, -0.15) is 0 Å². The summed E-state index contributed by atoms with van der Waals surface area (Å²) in [6, 6.07) is 10.7. The highest BCUT2D eigenvalue weighted by molar-refractivity contribution is 7.78. The molecule has 0 saturated carbocycles. The molecule has 0 atom stereocenters. The maximum absolute atomic E-state index is 5.77. The third-order valence-electron chi connectivity index (χ3n) is 2.66. The summed E-state index contributed by atoms with van der Waals surface area (Å²) in [6.45, 7) is 5.14. The van der Waals surface area contributed by atoms with Crippen molar-refractivity contribution in [1.29, 1.82) is 5.41 Å². The number of ether oxygens (including phenoxy) is 1. The molecule has 92 valence electrons. The summed E-state index contributed by atoms with van der Waals surface area (Å²) < 4.78 is 5.31. The summed E-state index contributed by atoms with van der Waals surface area (Å²) in [5.41, 5.74) is 1.43. The molecule has 1 saturated heterocycles. The minimum atomic E-state index is 0.898. The number of morpholine rings is 1. The molecule has 2 rings (SSSR count). The molecule has 0 aromatic heterocycles. The highest BCUT2D eigenvalue weighted by Crippen LogP contribution is 2.03. The molecule has 0 bridgehead atoms. The molecule has 1 aliphatic heterocycles. The Bertz CT molecular complexity index is 331. The van der Waals surface area contributed by atoms with Gasteiger partial charge in [-0.05, 0) is 24.2 Å². The molecule has 0 aliphatic carbocycles. The van der Waals surface area contributed by atoms with Crippen LogP contribution in [0.3, 0.4) is 0 Å². The molecule has 0 spiro atoms. The number of nitrogens with zero attached hydrogens (tertiary/aromatic N) is 1. The first-order chi connectivity index (χ1) is 8.36. The first kappa shape index (κ1) is 14.0. The van der Waals surface area contributed by atoms with Crippen LogP contribution in [0.1, 0.15) is 5.56 Å². The third kappa shape index (κ3) is 6.29. The SMILES string of the molecule is N=C=S.c1ccc(CCN2CCOCC2)cc1. The van der Waals surface area contributed by atoms with Crippen molar-refractivity contribution < 1.29 is 4.74 Å². The summed E-state index contributed by atoms with van der Waals surface area (Å²) in [4.78, 5) is 2.47. The minimum absolute atomic E-state index is 0.898. The van der Waals surface area contributed by atoms with Crippen LogP contribution < -0.4 is 0 Å². The van der Waals surface area contributed by atoms with Crippen molar-refractivity contribution in [3.8, 4) is 0 Å². The number of rotatable bonds is 3. The number of isothiocyanates is 1. The maximum Gasteiger partial charge on any atom is 0.0594 e. The zero-order valence-electron chi connectivity index (χ0n) is 9.89. The number of thiocarbonyl (C=S) groups is 1. The van der Waals surface area contributed by atoms with E-state index in [1.54, 1.807) is 5.16 Å². The molecule has 1 aliphatic rings. The standard InChI is InChI=1S/C12H17NO.CHNS/c1-2-4-12(5-3-1)6-7-13-8-10-14-11-9-13;2-1-3/h1-5H,6-11H2;2H. The van der Waals surface area contributed by atoms with E-state index in [-0.39, 0.29) is 0 Å². The van der Waals surface area contributed by atoms with E-state index in [1.165, 1.54) is 5.56 Å². The second-order valence-corrected chi connectivity index (χ2v) is 4.00. The average Bonchev–Trinajstić information content (AvgIpc) is 2.40. The monoisotopic (exact) mass is 250 g/mol. The molecule has 1 heterocycles. The van der Waals surface area contributed by atoms with Crippen molar-refractivity contribution >= 4 is 17.4 Å². The highest BCUT2D eigenvalue weighted by atomic mass is 32.1.